The highest BCUT2D eigenvalue weighted by Crippen LogP contribution is 2.24. The van der Waals surface area contributed by atoms with E-state index in [1.165, 1.54) is 4.90 Å². The molecule has 0 aromatic heterocycles. The van der Waals surface area contributed by atoms with Crippen LogP contribution in [-0.2, 0) is 9.59 Å². The highest BCUT2D eigenvalue weighted by atomic mass is 16.4. The summed E-state index contributed by atoms with van der Waals surface area (Å²) < 4.78 is 0. The molecule has 0 radical (unpaired) electrons. The molecule has 14 heavy (non-hydrogen) atoms. The van der Waals surface area contributed by atoms with Gasteiger partial charge in [0.05, 0.1) is 25.1 Å². The molecular weight excluding hydrogens is 186 g/mol. The van der Waals surface area contributed by atoms with Crippen LogP contribution < -0.4 is 0 Å². The van der Waals surface area contributed by atoms with Crippen LogP contribution in [0.25, 0.3) is 0 Å². The number of aliphatic carboxylic acids is 1. The molecule has 0 bridgehead atoms. The maximum Gasteiger partial charge on any atom is 0.303 e. The molecule has 0 atom stereocenters. The molecule has 80 valence electrons. The molecule has 5 nitrogen and oxygen atoms in total. The lowest BCUT2D eigenvalue weighted by atomic mass is 9.91. The molecule has 5 heteroatoms. The largest absolute Gasteiger partial charge is 0.481 e. The van der Waals surface area contributed by atoms with Crippen LogP contribution in [0.4, 0.5) is 0 Å². The number of nitrogens with zero attached hydrogens (tertiary/aromatic N) is 1. The van der Waals surface area contributed by atoms with Gasteiger partial charge in [-0.3, -0.25) is 9.59 Å². The maximum absolute atomic E-state index is 11.3. The summed E-state index contributed by atoms with van der Waals surface area (Å²) >= 11 is 0. The fourth-order valence-electron chi connectivity index (χ4n) is 1.44. The van der Waals surface area contributed by atoms with Gasteiger partial charge in [0.1, 0.15) is 0 Å². The molecule has 1 aliphatic rings. The Kier molecular flexibility index (Phi) is 3.10. The smallest absolute Gasteiger partial charge is 0.303 e. The van der Waals surface area contributed by atoms with Gasteiger partial charge in [-0.2, -0.15) is 0 Å². The van der Waals surface area contributed by atoms with Gasteiger partial charge in [-0.15, -0.1) is 0 Å². The molecular formula is C9H15NO4. The highest BCUT2D eigenvalue weighted by Gasteiger charge is 2.41. The van der Waals surface area contributed by atoms with Crippen molar-refractivity contribution >= 4 is 11.9 Å². The van der Waals surface area contributed by atoms with E-state index < -0.39 is 11.6 Å². The predicted octanol–water partition coefficient (Wildman–Crippen LogP) is -0.166. The van der Waals surface area contributed by atoms with Gasteiger partial charge in [-0.05, 0) is 6.42 Å². The molecule has 1 amide bonds. The quantitative estimate of drug-likeness (QED) is 0.662. The number of hydrogen-bond acceptors (Lipinski definition) is 3. The fraction of sp³-hybridized carbons (Fsp3) is 0.778. The fourth-order valence-corrected chi connectivity index (χ4v) is 1.44. The van der Waals surface area contributed by atoms with Gasteiger partial charge in [0.2, 0.25) is 5.91 Å². The number of β-amino-alcohol motifs (C(OH)–C–C–N with tert-alkyl or cyclic N) is 1. The summed E-state index contributed by atoms with van der Waals surface area (Å²) in [7, 11) is 0. The number of likely N-dealkylation sites (tertiary alicyclic amines) is 1. The first kappa shape index (κ1) is 11.0. The number of aliphatic hydroxyl groups is 1. The van der Waals surface area contributed by atoms with E-state index in [4.69, 9.17) is 5.11 Å². The molecule has 0 aliphatic carbocycles. The summed E-state index contributed by atoms with van der Waals surface area (Å²) in [6, 6.07) is 0. The summed E-state index contributed by atoms with van der Waals surface area (Å²) in [6.45, 7) is 2.53. The minimum absolute atomic E-state index is 0.0229. The summed E-state index contributed by atoms with van der Waals surface area (Å²) in [6.07, 6.45) is 0.505. The summed E-state index contributed by atoms with van der Waals surface area (Å²) in [4.78, 5) is 23.0. The zero-order valence-electron chi connectivity index (χ0n) is 8.19. The average Bonchev–Trinajstić information content (AvgIpc) is 2.09. The molecule has 1 rings (SSSR count). The third-order valence-corrected chi connectivity index (χ3v) is 2.53. The number of amides is 1. The van der Waals surface area contributed by atoms with Crippen molar-refractivity contribution < 1.29 is 19.8 Å². The van der Waals surface area contributed by atoms with Crippen LogP contribution in [0.2, 0.25) is 0 Å². The van der Waals surface area contributed by atoms with Crippen molar-refractivity contribution in [1.82, 2.24) is 4.90 Å². The van der Waals surface area contributed by atoms with Crippen LogP contribution in [0.1, 0.15) is 26.2 Å². The first-order valence-corrected chi connectivity index (χ1v) is 4.69. The summed E-state index contributed by atoms with van der Waals surface area (Å²) in [5.41, 5.74) is -0.737. The Hall–Kier alpha value is -1.10. The minimum atomic E-state index is -0.968. The van der Waals surface area contributed by atoms with Gasteiger partial charge >= 0.3 is 5.97 Å². The predicted molar refractivity (Wildman–Crippen MR) is 48.7 cm³/mol. The van der Waals surface area contributed by atoms with E-state index in [1.807, 2.05) is 6.92 Å². The minimum Gasteiger partial charge on any atom is -0.481 e. The Morgan fingerprint density at radius 2 is 1.93 bits per heavy atom. The maximum atomic E-state index is 11.3. The van der Waals surface area contributed by atoms with Crippen molar-refractivity contribution in [3.05, 3.63) is 0 Å². The number of carbonyl (C=O) groups excluding carboxylic acids is 1. The molecule has 0 aromatic rings. The van der Waals surface area contributed by atoms with Crippen molar-refractivity contribution in [3.63, 3.8) is 0 Å². The molecule has 0 spiro atoms. The van der Waals surface area contributed by atoms with E-state index in [-0.39, 0.29) is 18.7 Å². The van der Waals surface area contributed by atoms with Gasteiger partial charge in [-0.1, -0.05) is 6.92 Å². The lowest BCUT2D eigenvalue weighted by molar-refractivity contribution is -0.157. The second-order valence-corrected chi connectivity index (χ2v) is 3.72. The van der Waals surface area contributed by atoms with Crippen LogP contribution in [0.3, 0.4) is 0 Å². The number of carbonyl (C=O) groups is 2. The zero-order chi connectivity index (χ0) is 10.8. The lowest BCUT2D eigenvalue weighted by Crippen LogP contribution is -2.63. The van der Waals surface area contributed by atoms with E-state index in [1.54, 1.807) is 0 Å². The SMILES string of the molecule is CCC1(O)CN(C(=O)CCC(=O)O)C1. The summed E-state index contributed by atoms with van der Waals surface area (Å²) in [5, 5.41) is 18.0. The van der Waals surface area contributed by atoms with Gasteiger partial charge in [0.25, 0.3) is 0 Å². The standard InChI is InChI=1S/C9H15NO4/c1-2-9(14)5-10(6-9)7(11)3-4-8(12)13/h14H,2-6H2,1H3,(H,12,13). The average molecular weight is 201 g/mol. The third-order valence-electron chi connectivity index (χ3n) is 2.53. The third kappa shape index (κ3) is 2.45. The number of carboxylic acid groups (broad SMARTS) is 1. The van der Waals surface area contributed by atoms with Gasteiger partial charge in [0, 0.05) is 6.42 Å². The molecule has 1 aliphatic heterocycles. The topological polar surface area (TPSA) is 77.8 Å². The van der Waals surface area contributed by atoms with Gasteiger partial charge < -0.3 is 15.1 Å². The molecule has 0 unspecified atom stereocenters. The monoisotopic (exact) mass is 201 g/mol. The summed E-state index contributed by atoms with van der Waals surface area (Å²) in [5.74, 6) is -1.16. The molecule has 1 saturated heterocycles. The van der Waals surface area contributed by atoms with Gasteiger partial charge in [-0.25, -0.2) is 0 Å². The molecule has 0 aromatic carbocycles. The molecule has 1 heterocycles. The molecule has 1 fully saturated rings. The number of rotatable bonds is 4. The first-order chi connectivity index (χ1) is 6.47. The lowest BCUT2D eigenvalue weighted by Gasteiger charge is -2.46. The van der Waals surface area contributed by atoms with E-state index in [0.29, 0.717) is 19.5 Å². The van der Waals surface area contributed by atoms with Crippen molar-refractivity contribution in [3.8, 4) is 0 Å². The number of carboxylic acids is 1. The first-order valence-electron chi connectivity index (χ1n) is 4.69. The number of hydrogen-bond donors (Lipinski definition) is 2. The Labute approximate surface area is 82.3 Å². The van der Waals surface area contributed by atoms with E-state index in [0.717, 1.165) is 0 Å². The highest BCUT2D eigenvalue weighted by molar-refractivity contribution is 5.81. The van der Waals surface area contributed by atoms with Crippen molar-refractivity contribution in [2.75, 3.05) is 13.1 Å². The van der Waals surface area contributed by atoms with Crippen molar-refractivity contribution in [2.24, 2.45) is 0 Å². The van der Waals surface area contributed by atoms with Gasteiger partial charge in [0.15, 0.2) is 0 Å². The Bertz CT molecular complexity index is 245. The van der Waals surface area contributed by atoms with Crippen molar-refractivity contribution in [2.45, 2.75) is 31.8 Å². The normalized spacial score (nSPS) is 18.9. The van der Waals surface area contributed by atoms with Crippen molar-refractivity contribution in [1.29, 1.82) is 0 Å². The van der Waals surface area contributed by atoms with E-state index in [2.05, 4.69) is 0 Å². The van der Waals surface area contributed by atoms with E-state index in [9.17, 15) is 14.7 Å². The Balaban J connectivity index is 2.26. The zero-order valence-corrected chi connectivity index (χ0v) is 8.19. The second kappa shape index (κ2) is 3.96. The van der Waals surface area contributed by atoms with Crippen LogP contribution in [0.5, 0.6) is 0 Å². The van der Waals surface area contributed by atoms with Crippen LogP contribution in [-0.4, -0.2) is 45.7 Å². The second-order valence-electron chi connectivity index (χ2n) is 3.72. The Morgan fingerprint density at radius 3 is 2.36 bits per heavy atom. The molecule has 0 saturated carbocycles. The van der Waals surface area contributed by atoms with Crippen LogP contribution in [0.15, 0.2) is 0 Å². The molecule has 2 N–H and O–H groups in total. The Morgan fingerprint density at radius 1 is 1.36 bits per heavy atom. The van der Waals surface area contributed by atoms with Crippen LogP contribution >= 0.6 is 0 Å². The van der Waals surface area contributed by atoms with Crippen LogP contribution in [0, 0.1) is 0 Å². The van der Waals surface area contributed by atoms with E-state index >= 15 is 0 Å².